The van der Waals surface area contributed by atoms with Crippen LogP contribution in [0.15, 0.2) is 88.5 Å². The second-order valence-electron chi connectivity index (χ2n) is 6.50. The van der Waals surface area contributed by atoms with Gasteiger partial charge < -0.3 is 9.73 Å². The van der Waals surface area contributed by atoms with Gasteiger partial charge in [-0.3, -0.25) is 4.79 Å². The summed E-state index contributed by atoms with van der Waals surface area (Å²) in [4.78, 5) is 12.5. The van der Waals surface area contributed by atoms with Crippen molar-refractivity contribution in [1.82, 2.24) is 10.2 Å². The third kappa shape index (κ3) is 4.73. The van der Waals surface area contributed by atoms with Crippen LogP contribution in [0.2, 0.25) is 0 Å². The molecule has 0 aliphatic rings. The van der Waals surface area contributed by atoms with E-state index in [9.17, 15) is 4.79 Å². The lowest BCUT2D eigenvalue weighted by Gasteiger charge is -2.06. The van der Waals surface area contributed by atoms with Gasteiger partial charge in [0.25, 0.3) is 11.1 Å². The van der Waals surface area contributed by atoms with E-state index in [1.165, 1.54) is 11.8 Å². The highest BCUT2D eigenvalue weighted by Crippen LogP contribution is 2.27. The first-order valence-corrected chi connectivity index (χ1v) is 10.2. The molecule has 1 amide bonds. The van der Waals surface area contributed by atoms with E-state index in [0.717, 1.165) is 22.4 Å². The summed E-state index contributed by atoms with van der Waals surface area (Å²) in [6.45, 7) is 2.01. The maximum Gasteiger partial charge on any atom is 0.277 e. The molecule has 4 aromatic rings. The minimum Gasteiger partial charge on any atom is -0.411 e. The molecule has 5 nitrogen and oxygen atoms in total. The van der Waals surface area contributed by atoms with Crippen molar-refractivity contribution in [3.8, 4) is 11.5 Å². The molecule has 0 aliphatic carbocycles. The smallest absolute Gasteiger partial charge is 0.277 e. The van der Waals surface area contributed by atoms with Crippen LogP contribution in [-0.2, 0) is 5.75 Å². The lowest BCUT2D eigenvalue weighted by molar-refractivity contribution is 0.102. The van der Waals surface area contributed by atoms with Crippen LogP contribution in [0.4, 0.5) is 5.69 Å². The number of nitrogens with zero attached hydrogens (tertiary/aromatic N) is 2. The quantitative estimate of drug-likeness (QED) is 0.427. The Morgan fingerprint density at radius 1 is 0.966 bits per heavy atom. The van der Waals surface area contributed by atoms with Crippen molar-refractivity contribution in [2.24, 2.45) is 0 Å². The zero-order valence-electron chi connectivity index (χ0n) is 15.8. The summed E-state index contributed by atoms with van der Waals surface area (Å²) < 4.78 is 5.79. The van der Waals surface area contributed by atoms with Crippen molar-refractivity contribution in [3.05, 3.63) is 95.6 Å². The number of thioether (sulfide) groups is 1. The van der Waals surface area contributed by atoms with Gasteiger partial charge in [-0.15, -0.1) is 10.2 Å². The average molecular weight is 401 g/mol. The van der Waals surface area contributed by atoms with Crippen LogP contribution in [0.3, 0.4) is 0 Å². The van der Waals surface area contributed by atoms with Gasteiger partial charge in [0.2, 0.25) is 5.89 Å². The molecule has 4 rings (SSSR count). The first kappa shape index (κ1) is 19.0. The van der Waals surface area contributed by atoms with Crippen LogP contribution in [0.25, 0.3) is 11.5 Å². The fraction of sp³-hybridized carbons (Fsp3) is 0.0870. The number of hydrogen-bond donors (Lipinski definition) is 1. The molecule has 1 aromatic heterocycles. The molecule has 144 valence electrons. The van der Waals surface area contributed by atoms with Gasteiger partial charge in [0.1, 0.15) is 0 Å². The first-order valence-electron chi connectivity index (χ1n) is 9.17. The van der Waals surface area contributed by atoms with Crippen molar-refractivity contribution in [3.63, 3.8) is 0 Å². The molecule has 0 aliphatic heterocycles. The second kappa shape index (κ2) is 8.75. The SMILES string of the molecule is Cc1ccccc1-c1nnc(SCc2cccc(C(=O)Nc3ccccc3)c2)o1. The standard InChI is InChI=1S/C23H19N3O2S/c1-16-8-5-6-13-20(16)22-25-26-23(28-22)29-15-17-9-7-10-18(14-17)21(27)24-19-11-3-2-4-12-19/h2-14H,15H2,1H3,(H,24,27). The van der Waals surface area contributed by atoms with E-state index in [0.29, 0.717) is 22.4 Å². The number of para-hydroxylation sites is 1. The Morgan fingerprint density at radius 2 is 1.76 bits per heavy atom. The van der Waals surface area contributed by atoms with E-state index in [4.69, 9.17) is 4.42 Å². The Labute approximate surface area is 173 Å². The van der Waals surface area contributed by atoms with Gasteiger partial charge in [0, 0.05) is 22.6 Å². The van der Waals surface area contributed by atoms with E-state index in [-0.39, 0.29) is 5.91 Å². The van der Waals surface area contributed by atoms with Crippen LogP contribution >= 0.6 is 11.8 Å². The topological polar surface area (TPSA) is 68.0 Å². The summed E-state index contributed by atoms with van der Waals surface area (Å²) in [6, 6.07) is 24.8. The Balaban J connectivity index is 1.41. The molecular weight excluding hydrogens is 382 g/mol. The molecule has 6 heteroatoms. The van der Waals surface area contributed by atoms with E-state index in [1.807, 2.05) is 79.7 Å². The number of hydrogen-bond acceptors (Lipinski definition) is 5. The number of amides is 1. The van der Waals surface area contributed by atoms with Gasteiger partial charge in [-0.25, -0.2) is 0 Å². The molecule has 0 saturated heterocycles. The number of benzene rings is 3. The summed E-state index contributed by atoms with van der Waals surface area (Å²) >= 11 is 1.45. The van der Waals surface area contributed by atoms with Gasteiger partial charge in [0.05, 0.1) is 0 Å². The lowest BCUT2D eigenvalue weighted by atomic mass is 10.1. The van der Waals surface area contributed by atoms with Gasteiger partial charge in [0.15, 0.2) is 0 Å². The zero-order chi connectivity index (χ0) is 20.1. The van der Waals surface area contributed by atoms with E-state index >= 15 is 0 Å². The van der Waals surface area contributed by atoms with Crippen LogP contribution in [0, 0.1) is 6.92 Å². The maximum absolute atomic E-state index is 12.5. The molecular formula is C23H19N3O2S. The number of carbonyl (C=O) groups excluding carboxylic acids is 1. The summed E-state index contributed by atoms with van der Waals surface area (Å²) in [5.41, 5.74) is 4.41. The average Bonchev–Trinajstić information content (AvgIpc) is 3.22. The molecule has 0 spiro atoms. The first-order chi connectivity index (χ1) is 14.2. The molecule has 0 radical (unpaired) electrons. The molecule has 0 fully saturated rings. The second-order valence-corrected chi connectivity index (χ2v) is 7.42. The van der Waals surface area contributed by atoms with Gasteiger partial charge in [-0.2, -0.15) is 0 Å². The van der Waals surface area contributed by atoms with E-state index in [1.54, 1.807) is 6.07 Å². The molecule has 3 aromatic carbocycles. The predicted molar refractivity (Wildman–Crippen MR) is 115 cm³/mol. The maximum atomic E-state index is 12.5. The number of anilines is 1. The molecule has 29 heavy (non-hydrogen) atoms. The van der Waals surface area contributed by atoms with Crippen LogP contribution in [-0.4, -0.2) is 16.1 Å². The molecule has 1 N–H and O–H groups in total. The van der Waals surface area contributed by atoms with Crippen molar-refractivity contribution < 1.29 is 9.21 Å². The Morgan fingerprint density at radius 3 is 2.59 bits per heavy atom. The highest BCUT2D eigenvalue weighted by molar-refractivity contribution is 7.98. The normalized spacial score (nSPS) is 10.7. The Bertz CT molecular complexity index is 1130. The lowest BCUT2D eigenvalue weighted by Crippen LogP contribution is -2.11. The molecule has 0 bridgehead atoms. The van der Waals surface area contributed by atoms with Crippen molar-refractivity contribution >= 4 is 23.4 Å². The minimum absolute atomic E-state index is 0.136. The summed E-state index contributed by atoms with van der Waals surface area (Å²) in [6.07, 6.45) is 0. The van der Waals surface area contributed by atoms with Crippen LogP contribution in [0.1, 0.15) is 21.5 Å². The number of carbonyl (C=O) groups is 1. The number of nitrogens with one attached hydrogen (secondary N) is 1. The zero-order valence-corrected chi connectivity index (χ0v) is 16.6. The largest absolute Gasteiger partial charge is 0.411 e. The number of aromatic nitrogens is 2. The van der Waals surface area contributed by atoms with Crippen LogP contribution in [0.5, 0.6) is 0 Å². The Hall–Kier alpha value is -3.38. The molecule has 1 heterocycles. The Kier molecular flexibility index (Phi) is 5.72. The summed E-state index contributed by atoms with van der Waals surface area (Å²) in [7, 11) is 0. The van der Waals surface area contributed by atoms with Crippen molar-refractivity contribution in [1.29, 1.82) is 0 Å². The third-order valence-electron chi connectivity index (χ3n) is 4.37. The molecule has 0 saturated carbocycles. The van der Waals surface area contributed by atoms with Crippen molar-refractivity contribution in [2.45, 2.75) is 17.9 Å². The monoisotopic (exact) mass is 401 g/mol. The minimum atomic E-state index is -0.136. The number of rotatable bonds is 6. The molecule has 0 atom stereocenters. The predicted octanol–water partition coefficient (Wildman–Crippen LogP) is 5.59. The highest BCUT2D eigenvalue weighted by Gasteiger charge is 2.12. The van der Waals surface area contributed by atoms with E-state index < -0.39 is 0 Å². The summed E-state index contributed by atoms with van der Waals surface area (Å²) in [5, 5.41) is 11.7. The van der Waals surface area contributed by atoms with Crippen LogP contribution < -0.4 is 5.32 Å². The molecule has 0 unspecified atom stereocenters. The number of aryl methyl sites for hydroxylation is 1. The third-order valence-corrected chi connectivity index (χ3v) is 5.25. The van der Waals surface area contributed by atoms with Gasteiger partial charge in [-0.1, -0.05) is 60.3 Å². The highest BCUT2D eigenvalue weighted by atomic mass is 32.2. The van der Waals surface area contributed by atoms with Gasteiger partial charge >= 0.3 is 0 Å². The summed E-state index contributed by atoms with van der Waals surface area (Å²) in [5.74, 6) is 1.01. The van der Waals surface area contributed by atoms with Gasteiger partial charge in [-0.05, 0) is 48.4 Å². The fourth-order valence-electron chi connectivity index (χ4n) is 2.86. The van der Waals surface area contributed by atoms with E-state index in [2.05, 4.69) is 15.5 Å². The van der Waals surface area contributed by atoms with Crippen molar-refractivity contribution in [2.75, 3.05) is 5.32 Å². The fourth-order valence-corrected chi connectivity index (χ4v) is 3.57.